The van der Waals surface area contributed by atoms with Crippen LogP contribution in [-0.2, 0) is 0 Å². The number of thioether (sulfide) groups is 1. The Hall–Kier alpha value is -1.45. The molecule has 40 heavy (non-hydrogen) atoms. The number of β-amino-alcohol motifs (C(OH)–C–C–N with tert-alkyl or cyclic N) is 1. The van der Waals surface area contributed by atoms with E-state index in [-0.39, 0.29) is 17.6 Å². The van der Waals surface area contributed by atoms with E-state index in [1.54, 1.807) is 11.8 Å². The van der Waals surface area contributed by atoms with E-state index in [2.05, 4.69) is 61.4 Å². The third kappa shape index (κ3) is 8.54. The predicted octanol–water partition coefficient (Wildman–Crippen LogP) is 4.99. The highest BCUT2D eigenvalue weighted by molar-refractivity contribution is 7.99. The number of benzene rings is 2. The Labute approximate surface area is 246 Å². The van der Waals surface area contributed by atoms with Crippen LogP contribution in [0.5, 0.6) is 0 Å². The number of likely N-dealkylation sites (tertiary alicyclic amines) is 1. The second kappa shape index (κ2) is 14.1. The predicted molar refractivity (Wildman–Crippen MR) is 165 cm³/mol. The molecule has 2 aromatic rings. The summed E-state index contributed by atoms with van der Waals surface area (Å²) in [5, 5.41) is 41.1. The number of hydrogen-bond donors (Lipinski definition) is 5. The summed E-state index contributed by atoms with van der Waals surface area (Å²) in [6, 6.07) is 15.8. The average molecular weight is 570 g/mol. The van der Waals surface area contributed by atoms with Crippen molar-refractivity contribution in [1.29, 1.82) is 0 Å². The normalized spacial score (nSPS) is 25.1. The number of aliphatic hydroxyl groups excluding tert-OH is 3. The van der Waals surface area contributed by atoms with Gasteiger partial charge in [0.05, 0.1) is 6.10 Å². The lowest BCUT2D eigenvalue weighted by Gasteiger charge is -2.49. The van der Waals surface area contributed by atoms with E-state index in [1.807, 2.05) is 37.3 Å². The van der Waals surface area contributed by atoms with E-state index < -0.39 is 18.6 Å². The molecule has 2 fully saturated rings. The van der Waals surface area contributed by atoms with Crippen molar-refractivity contribution in [2.24, 2.45) is 11.8 Å². The second-order valence-corrected chi connectivity index (χ2v) is 14.2. The molecule has 0 amide bonds. The van der Waals surface area contributed by atoms with Crippen molar-refractivity contribution in [2.75, 3.05) is 18.8 Å². The van der Waals surface area contributed by atoms with Crippen molar-refractivity contribution in [2.45, 2.75) is 108 Å². The highest BCUT2D eigenvalue weighted by Crippen LogP contribution is 2.39. The summed E-state index contributed by atoms with van der Waals surface area (Å²) in [5.74, 6) is 1.86. The van der Waals surface area contributed by atoms with Gasteiger partial charge < -0.3 is 15.3 Å². The molecule has 0 bridgehead atoms. The van der Waals surface area contributed by atoms with Crippen LogP contribution in [0.15, 0.2) is 53.4 Å². The van der Waals surface area contributed by atoms with Crippen LogP contribution >= 0.6 is 11.8 Å². The molecule has 1 aliphatic carbocycles. The van der Waals surface area contributed by atoms with Gasteiger partial charge in [0.1, 0.15) is 12.5 Å². The van der Waals surface area contributed by atoms with Gasteiger partial charge in [-0.15, -0.1) is 11.8 Å². The lowest BCUT2D eigenvalue weighted by Crippen LogP contribution is -2.62. The fraction of sp³-hybridized carbons (Fsp3) is 0.636. The quantitative estimate of drug-likeness (QED) is 0.192. The number of rotatable bonds is 11. The fourth-order valence-electron chi connectivity index (χ4n) is 6.51. The van der Waals surface area contributed by atoms with E-state index in [0.717, 1.165) is 34.6 Å². The zero-order chi connectivity index (χ0) is 28.9. The summed E-state index contributed by atoms with van der Waals surface area (Å²) in [6.07, 6.45) is 3.68. The first-order valence-corrected chi connectivity index (χ1v) is 16.1. The summed E-state index contributed by atoms with van der Waals surface area (Å²) in [5.41, 5.74) is 2.82. The van der Waals surface area contributed by atoms with Gasteiger partial charge in [-0.1, -0.05) is 55.7 Å². The Balaban J connectivity index is 1.53. The van der Waals surface area contributed by atoms with Gasteiger partial charge in [0.15, 0.2) is 0 Å². The number of aliphatic hydroxyl groups is 3. The van der Waals surface area contributed by atoms with Crippen molar-refractivity contribution >= 4 is 11.8 Å². The Morgan fingerprint density at radius 3 is 2.35 bits per heavy atom. The highest BCUT2D eigenvalue weighted by Gasteiger charge is 2.41. The first-order chi connectivity index (χ1) is 19.0. The van der Waals surface area contributed by atoms with Gasteiger partial charge in [-0.05, 0) is 88.1 Å². The van der Waals surface area contributed by atoms with E-state index in [1.165, 1.54) is 25.7 Å². The van der Waals surface area contributed by atoms with Gasteiger partial charge in [-0.25, -0.2) is 0 Å². The highest BCUT2D eigenvalue weighted by atomic mass is 32.2. The van der Waals surface area contributed by atoms with Crippen molar-refractivity contribution in [1.82, 2.24) is 15.5 Å². The summed E-state index contributed by atoms with van der Waals surface area (Å²) in [7, 11) is 0. The molecule has 4 rings (SSSR count). The van der Waals surface area contributed by atoms with Crippen molar-refractivity contribution in [3.8, 4) is 0 Å². The minimum Gasteiger partial charge on any atom is -0.390 e. The molecular weight excluding hydrogens is 518 g/mol. The minimum atomic E-state index is -0.885. The van der Waals surface area contributed by atoms with Gasteiger partial charge >= 0.3 is 0 Å². The first kappa shape index (κ1) is 31.5. The maximum absolute atomic E-state index is 11.8. The molecule has 0 aromatic heterocycles. The Bertz CT molecular complexity index is 1060. The molecule has 222 valence electrons. The molecule has 1 aliphatic heterocycles. The monoisotopic (exact) mass is 569 g/mol. The third-order valence-electron chi connectivity index (χ3n) is 8.87. The van der Waals surface area contributed by atoms with E-state index >= 15 is 0 Å². The standard InChI is InChI=1S/C33H51N3O3S/c1-22-12-11-17-27(23(22)2)31(38)34-28(21-40-26-15-7-6-8-16-26)30(37)20-36-19-25-14-10-9-13-24(25)18-29(36)32(39)35-33(3,4)5/h6-8,11-12,15-17,24-25,28-32,34-35,37-39H,9-10,13-14,18-21H2,1-5H3/t24-,25+,28-,29-,30+,31+,32+/m0/s1. The molecule has 2 aromatic carbocycles. The smallest absolute Gasteiger partial charge is 0.131 e. The molecule has 2 aliphatic rings. The molecular formula is C33H51N3O3S. The van der Waals surface area contributed by atoms with Crippen LogP contribution in [0, 0.1) is 25.7 Å². The Morgan fingerprint density at radius 2 is 1.65 bits per heavy atom. The molecule has 0 radical (unpaired) electrons. The lowest BCUT2D eigenvalue weighted by atomic mass is 9.72. The van der Waals surface area contributed by atoms with Crippen LogP contribution < -0.4 is 10.6 Å². The van der Waals surface area contributed by atoms with Crippen molar-refractivity contribution in [3.05, 3.63) is 65.2 Å². The topological polar surface area (TPSA) is 88.0 Å². The van der Waals surface area contributed by atoms with Crippen LogP contribution in [0.3, 0.4) is 0 Å². The Kier molecular flexibility index (Phi) is 11.1. The zero-order valence-electron chi connectivity index (χ0n) is 25.0. The van der Waals surface area contributed by atoms with Crippen LogP contribution in [0.25, 0.3) is 0 Å². The maximum atomic E-state index is 11.8. The first-order valence-electron chi connectivity index (χ1n) is 15.1. The zero-order valence-corrected chi connectivity index (χ0v) is 25.8. The number of hydrogen-bond acceptors (Lipinski definition) is 7. The molecule has 1 saturated heterocycles. The summed E-state index contributed by atoms with van der Waals surface area (Å²) in [4.78, 5) is 3.46. The van der Waals surface area contributed by atoms with Crippen LogP contribution in [0.2, 0.25) is 0 Å². The molecule has 6 nitrogen and oxygen atoms in total. The van der Waals surface area contributed by atoms with Gasteiger partial charge in [-0.2, -0.15) is 0 Å². The number of nitrogens with zero attached hydrogens (tertiary/aromatic N) is 1. The maximum Gasteiger partial charge on any atom is 0.131 e. The summed E-state index contributed by atoms with van der Waals surface area (Å²) >= 11 is 1.68. The van der Waals surface area contributed by atoms with Gasteiger partial charge in [0.25, 0.3) is 0 Å². The summed E-state index contributed by atoms with van der Waals surface area (Å²) in [6.45, 7) is 11.7. The van der Waals surface area contributed by atoms with E-state index in [0.29, 0.717) is 24.1 Å². The number of piperidine rings is 1. The number of nitrogens with one attached hydrogen (secondary N) is 2. The molecule has 1 saturated carbocycles. The molecule has 0 unspecified atom stereocenters. The van der Waals surface area contributed by atoms with Crippen LogP contribution in [-0.4, -0.2) is 69.0 Å². The number of aryl methyl sites for hydroxylation is 1. The van der Waals surface area contributed by atoms with Gasteiger partial charge in [0.2, 0.25) is 0 Å². The molecule has 5 N–H and O–H groups in total. The molecule has 0 spiro atoms. The van der Waals surface area contributed by atoms with Gasteiger partial charge in [0, 0.05) is 41.4 Å². The summed E-state index contributed by atoms with van der Waals surface area (Å²) < 4.78 is 0. The third-order valence-corrected chi connectivity index (χ3v) is 10.00. The minimum absolute atomic E-state index is 0.0559. The average Bonchev–Trinajstić information content (AvgIpc) is 2.91. The largest absolute Gasteiger partial charge is 0.390 e. The van der Waals surface area contributed by atoms with Crippen LogP contribution in [0.4, 0.5) is 0 Å². The van der Waals surface area contributed by atoms with E-state index in [9.17, 15) is 15.3 Å². The van der Waals surface area contributed by atoms with E-state index in [4.69, 9.17) is 0 Å². The second-order valence-electron chi connectivity index (χ2n) is 13.1. The lowest BCUT2D eigenvalue weighted by molar-refractivity contribution is -0.0655. The fourth-order valence-corrected chi connectivity index (χ4v) is 7.55. The van der Waals surface area contributed by atoms with Crippen molar-refractivity contribution in [3.63, 3.8) is 0 Å². The molecule has 1 heterocycles. The van der Waals surface area contributed by atoms with Crippen LogP contribution in [0.1, 0.15) is 75.8 Å². The SMILES string of the molecule is Cc1cccc([C@@H](O)N[C@@H](CSc2ccccc2)[C@H](O)CN2C[C@H]3CCCC[C@H]3C[C@H]2[C@@H](O)NC(C)(C)C)c1C. The van der Waals surface area contributed by atoms with Gasteiger partial charge in [-0.3, -0.25) is 15.5 Å². The molecule has 7 atom stereocenters. The Morgan fingerprint density at radius 1 is 0.950 bits per heavy atom. The molecule has 7 heteroatoms. The number of fused-ring (bicyclic) bond motifs is 1. The van der Waals surface area contributed by atoms with Crippen molar-refractivity contribution < 1.29 is 15.3 Å².